The number of carbonyl (C=O) groups excluding carboxylic acids is 1. The normalized spacial score (nSPS) is 13.6. The van der Waals surface area contributed by atoms with Crippen LogP contribution in [-0.2, 0) is 17.4 Å². The van der Waals surface area contributed by atoms with E-state index in [-0.39, 0.29) is 29.1 Å². The molecule has 10 heteroatoms. The third-order valence-electron chi connectivity index (χ3n) is 4.41. The smallest absolute Gasteiger partial charge is 0.390 e. The van der Waals surface area contributed by atoms with Crippen LogP contribution in [0.3, 0.4) is 0 Å². The number of alkyl halides is 3. The van der Waals surface area contributed by atoms with Gasteiger partial charge >= 0.3 is 6.18 Å². The molecule has 1 aromatic heterocycles. The van der Waals surface area contributed by atoms with Crippen LogP contribution in [0.5, 0.6) is 0 Å². The summed E-state index contributed by atoms with van der Waals surface area (Å²) >= 11 is 0. The number of aliphatic hydroxyl groups is 1. The van der Waals surface area contributed by atoms with Crippen molar-refractivity contribution in [2.75, 3.05) is 19.0 Å². The molecular weight excluding hydrogens is 404 g/mol. The highest BCUT2D eigenvalue weighted by molar-refractivity contribution is 5.94. The Bertz CT molecular complexity index is 945. The Hall–Kier alpha value is -2.98. The molecule has 1 heterocycles. The summed E-state index contributed by atoms with van der Waals surface area (Å²) in [7, 11) is 1.62. The minimum Gasteiger partial charge on any atom is -0.390 e. The molecule has 6 nitrogen and oxygen atoms in total. The summed E-state index contributed by atoms with van der Waals surface area (Å²) in [6.07, 6.45) is -3.23. The first-order chi connectivity index (χ1) is 14.0. The quantitative estimate of drug-likeness (QED) is 0.384. The van der Waals surface area contributed by atoms with E-state index < -0.39 is 36.1 Å². The number of carbonyl (C=O) groups is 1. The molecule has 0 spiro atoms. The standard InChI is InChI=1S/C20H22F4N4O2/c1-11(26-2)18(19(25)30)16(10-29)28-17-8-12(3-4-27-17)5-13-6-14(20(22,23)24)9-15(21)7-13/h3-4,6-9,11,26,29H,5,10H2,1-2H3,(H2,25,30)(H,27,28)/b18-16+. The molecule has 0 aliphatic heterocycles. The molecular formula is C20H22F4N4O2. The predicted octanol–water partition coefficient (Wildman–Crippen LogP) is 2.58. The van der Waals surface area contributed by atoms with E-state index in [0.29, 0.717) is 11.6 Å². The first-order valence-corrected chi connectivity index (χ1v) is 8.94. The number of aliphatic hydroxyl groups excluding tert-OH is 1. The van der Waals surface area contributed by atoms with E-state index >= 15 is 0 Å². The molecule has 30 heavy (non-hydrogen) atoms. The average molecular weight is 426 g/mol. The zero-order valence-corrected chi connectivity index (χ0v) is 16.3. The molecule has 0 saturated heterocycles. The van der Waals surface area contributed by atoms with Gasteiger partial charge in [0.15, 0.2) is 0 Å². The van der Waals surface area contributed by atoms with Crippen molar-refractivity contribution >= 4 is 11.7 Å². The topological polar surface area (TPSA) is 100 Å². The molecule has 0 aliphatic rings. The van der Waals surface area contributed by atoms with Gasteiger partial charge in [0.1, 0.15) is 11.6 Å². The van der Waals surface area contributed by atoms with Gasteiger partial charge in [-0.2, -0.15) is 13.2 Å². The monoisotopic (exact) mass is 426 g/mol. The van der Waals surface area contributed by atoms with E-state index in [2.05, 4.69) is 15.6 Å². The molecule has 0 aliphatic carbocycles. The number of nitrogens with one attached hydrogen (secondary N) is 2. The lowest BCUT2D eigenvalue weighted by atomic mass is 10.0. The Morgan fingerprint density at radius 1 is 1.23 bits per heavy atom. The fourth-order valence-corrected chi connectivity index (χ4v) is 2.92. The van der Waals surface area contributed by atoms with Crippen LogP contribution in [0.1, 0.15) is 23.6 Å². The fraction of sp³-hybridized carbons (Fsp3) is 0.300. The maximum Gasteiger partial charge on any atom is 0.416 e. The Morgan fingerprint density at radius 2 is 1.93 bits per heavy atom. The van der Waals surface area contributed by atoms with Crippen molar-refractivity contribution in [3.05, 3.63) is 70.3 Å². The Morgan fingerprint density at radius 3 is 2.50 bits per heavy atom. The summed E-state index contributed by atoms with van der Waals surface area (Å²) < 4.78 is 52.4. The van der Waals surface area contributed by atoms with Crippen molar-refractivity contribution in [3.63, 3.8) is 0 Å². The van der Waals surface area contributed by atoms with Crippen LogP contribution >= 0.6 is 0 Å². The number of benzene rings is 1. The van der Waals surface area contributed by atoms with E-state index in [0.717, 1.165) is 12.1 Å². The summed E-state index contributed by atoms with van der Waals surface area (Å²) in [5.41, 5.74) is 5.29. The van der Waals surface area contributed by atoms with E-state index in [9.17, 15) is 27.5 Å². The highest BCUT2D eigenvalue weighted by Gasteiger charge is 2.31. The van der Waals surface area contributed by atoms with Crippen molar-refractivity contribution in [2.24, 2.45) is 5.73 Å². The van der Waals surface area contributed by atoms with Gasteiger partial charge in [-0.25, -0.2) is 9.37 Å². The van der Waals surface area contributed by atoms with Crippen molar-refractivity contribution < 1.29 is 27.5 Å². The number of hydrogen-bond acceptors (Lipinski definition) is 5. The van der Waals surface area contributed by atoms with Crippen molar-refractivity contribution in [3.8, 4) is 0 Å². The third-order valence-corrected chi connectivity index (χ3v) is 4.41. The van der Waals surface area contributed by atoms with Gasteiger partial charge in [0, 0.05) is 12.2 Å². The second kappa shape index (κ2) is 9.68. The molecule has 1 amide bonds. The van der Waals surface area contributed by atoms with Gasteiger partial charge in [0.2, 0.25) is 5.91 Å². The van der Waals surface area contributed by atoms with Gasteiger partial charge in [-0.1, -0.05) is 0 Å². The van der Waals surface area contributed by atoms with Gasteiger partial charge < -0.3 is 21.5 Å². The van der Waals surface area contributed by atoms with E-state index in [4.69, 9.17) is 5.73 Å². The lowest BCUT2D eigenvalue weighted by Crippen LogP contribution is -2.34. The molecule has 1 aromatic carbocycles. The molecule has 1 unspecified atom stereocenters. The van der Waals surface area contributed by atoms with Crippen LogP contribution in [-0.4, -0.2) is 35.7 Å². The number of primary amides is 1. The Labute approximate surface area is 170 Å². The third kappa shape index (κ3) is 6.01. The second-order valence-corrected chi connectivity index (χ2v) is 6.62. The van der Waals surface area contributed by atoms with Crippen LogP contribution in [0.25, 0.3) is 0 Å². The predicted molar refractivity (Wildman–Crippen MR) is 104 cm³/mol. The largest absolute Gasteiger partial charge is 0.416 e. The Kier molecular flexibility index (Phi) is 7.52. The fourth-order valence-electron chi connectivity index (χ4n) is 2.92. The number of anilines is 1. The number of nitrogens with zero attached hydrogens (tertiary/aromatic N) is 1. The minimum atomic E-state index is -4.65. The number of amides is 1. The number of halogens is 4. The first-order valence-electron chi connectivity index (χ1n) is 8.94. The van der Waals surface area contributed by atoms with E-state index in [1.54, 1.807) is 20.0 Å². The van der Waals surface area contributed by atoms with E-state index in [1.165, 1.54) is 12.3 Å². The summed E-state index contributed by atoms with van der Waals surface area (Å²) in [6.45, 7) is 1.17. The lowest BCUT2D eigenvalue weighted by Gasteiger charge is -2.18. The average Bonchev–Trinajstić information content (AvgIpc) is 2.66. The maximum atomic E-state index is 13.6. The number of aromatic nitrogens is 1. The summed E-state index contributed by atoms with van der Waals surface area (Å²) in [5, 5.41) is 15.3. The second-order valence-electron chi connectivity index (χ2n) is 6.62. The van der Waals surface area contributed by atoms with Gasteiger partial charge in [-0.05, 0) is 61.9 Å². The minimum absolute atomic E-state index is 0.0197. The zero-order valence-electron chi connectivity index (χ0n) is 16.3. The molecule has 2 aromatic rings. The number of pyridine rings is 1. The van der Waals surface area contributed by atoms with Crippen LogP contribution in [0.15, 0.2) is 47.8 Å². The van der Waals surface area contributed by atoms with Gasteiger partial charge in [0.05, 0.1) is 23.4 Å². The molecule has 0 bridgehead atoms. The number of hydrogen-bond donors (Lipinski definition) is 4. The molecule has 162 valence electrons. The van der Waals surface area contributed by atoms with Crippen molar-refractivity contribution in [1.82, 2.24) is 10.3 Å². The molecule has 5 N–H and O–H groups in total. The number of likely N-dealkylation sites (N-methyl/N-ethyl adjacent to an activating group) is 1. The Balaban J connectivity index is 2.33. The van der Waals surface area contributed by atoms with Gasteiger partial charge in [-0.3, -0.25) is 4.79 Å². The SMILES string of the molecule is CNC(C)/C(C(N)=O)=C(/CO)Nc1cc(Cc2cc(F)cc(C(F)(F)F)c2)ccn1. The van der Waals surface area contributed by atoms with Crippen molar-refractivity contribution in [2.45, 2.75) is 25.6 Å². The van der Waals surface area contributed by atoms with E-state index in [1.807, 2.05) is 0 Å². The number of rotatable bonds is 8. The zero-order chi connectivity index (χ0) is 22.5. The highest BCUT2D eigenvalue weighted by atomic mass is 19.4. The molecule has 1 atom stereocenters. The van der Waals surface area contributed by atoms with Crippen molar-refractivity contribution in [1.29, 1.82) is 0 Å². The van der Waals surface area contributed by atoms with Crippen LogP contribution in [0.2, 0.25) is 0 Å². The van der Waals surface area contributed by atoms with Gasteiger partial charge in [-0.15, -0.1) is 0 Å². The lowest BCUT2D eigenvalue weighted by molar-refractivity contribution is -0.137. The van der Waals surface area contributed by atoms with Crippen LogP contribution < -0.4 is 16.4 Å². The summed E-state index contributed by atoms with van der Waals surface area (Å²) in [5.74, 6) is -1.47. The highest BCUT2D eigenvalue weighted by Crippen LogP contribution is 2.31. The molecule has 0 fully saturated rings. The van der Waals surface area contributed by atoms with Crippen LogP contribution in [0.4, 0.5) is 23.4 Å². The first kappa shape index (κ1) is 23.3. The summed E-state index contributed by atoms with van der Waals surface area (Å²) in [6, 6.07) is 4.99. The molecule has 2 rings (SSSR count). The summed E-state index contributed by atoms with van der Waals surface area (Å²) in [4.78, 5) is 15.9. The van der Waals surface area contributed by atoms with Gasteiger partial charge in [0.25, 0.3) is 0 Å². The molecule has 0 radical (unpaired) electrons. The molecule has 0 saturated carbocycles. The maximum absolute atomic E-state index is 13.6. The number of nitrogens with two attached hydrogens (primary N) is 1. The van der Waals surface area contributed by atoms with Crippen LogP contribution in [0, 0.1) is 5.82 Å².